The lowest BCUT2D eigenvalue weighted by Crippen LogP contribution is -2.00. The summed E-state index contributed by atoms with van der Waals surface area (Å²) < 4.78 is 35.3. The first-order chi connectivity index (χ1) is 7.43. The fraction of sp³-hybridized carbons (Fsp3) is 0.273. The fourth-order valence-corrected chi connectivity index (χ4v) is 1.91. The third-order valence-corrected chi connectivity index (χ3v) is 3.19. The van der Waals surface area contributed by atoms with Crippen molar-refractivity contribution in [2.75, 3.05) is 12.8 Å². The highest BCUT2D eigenvalue weighted by molar-refractivity contribution is 7.90. The first kappa shape index (κ1) is 12.9. The maximum atomic E-state index is 12.8. The fourth-order valence-electron chi connectivity index (χ4n) is 1.22. The summed E-state index contributed by atoms with van der Waals surface area (Å²) in [6.07, 6.45) is 2.83. The van der Waals surface area contributed by atoms with Crippen molar-refractivity contribution in [2.45, 2.75) is 11.3 Å². The van der Waals surface area contributed by atoms with Crippen molar-refractivity contribution in [1.82, 2.24) is 0 Å². The molecule has 5 heteroatoms. The van der Waals surface area contributed by atoms with Crippen molar-refractivity contribution >= 4 is 9.84 Å². The van der Waals surface area contributed by atoms with Crippen molar-refractivity contribution in [3.05, 3.63) is 41.7 Å². The first-order valence-corrected chi connectivity index (χ1v) is 6.66. The van der Waals surface area contributed by atoms with Gasteiger partial charge in [-0.2, -0.15) is 0 Å². The Morgan fingerprint density at radius 3 is 2.75 bits per heavy atom. The molecule has 1 aromatic rings. The predicted octanol–water partition coefficient (Wildman–Crippen LogP) is 1.44. The molecular formula is C11H14FNO2S. The molecule has 16 heavy (non-hydrogen) atoms. The molecule has 0 saturated carbocycles. The van der Waals surface area contributed by atoms with Gasteiger partial charge in [-0.1, -0.05) is 12.1 Å². The summed E-state index contributed by atoms with van der Waals surface area (Å²) in [6, 6.07) is 6.44. The first-order valence-electron chi connectivity index (χ1n) is 4.77. The second-order valence-corrected chi connectivity index (χ2v) is 5.49. The Bertz CT molecular complexity index is 494. The van der Waals surface area contributed by atoms with Crippen LogP contribution in [-0.4, -0.2) is 21.2 Å². The molecule has 88 valence electrons. The Morgan fingerprint density at radius 1 is 1.50 bits per heavy atom. The second-order valence-electron chi connectivity index (χ2n) is 3.48. The van der Waals surface area contributed by atoms with Crippen molar-refractivity contribution in [1.29, 1.82) is 0 Å². The third-order valence-electron chi connectivity index (χ3n) is 2.08. The highest BCUT2D eigenvalue weighted by atomic mass is 32.2. The molecule has 2 N–H and O–H groups in total. The minimum absolute atomic E-state index is 0.133. The van der Waals surface area contributed by atoms with Gasteiger partial charge in [-0.3, -0.25) is 0 Å². The Kier molecular flexibility index (Phi) is 4.20. The normalized spacial score (nSPS) is 12.8. The molecule has 0 fully saturated rings. The molecule has 0 aliphatic rings. The summed E-state index contributed by atoms with van der Waals surface area (Å²) in [6.45, 7) is -0.133. The zero-order valence-electron chi connectivity index (χ0n) is 8.98. The van der Waals surface area contributed by atoms with Gasteiger partial charge in [-0.05, 0) is 30.2 Å². The van der Waals surface area contributed by atoms with E-state index in [1.165, 1.54) is 18.2 Å². The van der Waals surface area contributed by atoms with E-state index in [2.05, 4.69) is 0 Å². The number of benzene rings is 1. The van der Waals surface area contributed by atoms with Gasteiger partial charge in [0.2, 0.25) is 0 Å². The van der Waals surface area contributed by atoms with E-state index in [1.807, 2.05) is 0 Å². The van der Waals surface area contributed by atoms with Crippen LogP contribution in [0.25, 0.3) is 0 Å². The van der Waals surface area contributed by atoms with Crippen molar-refractivity contribution in [2.24, 2.45) is 5.73 Å². The van der Waals surface area contributed by atoms with Crippen LogP contribution in [0.4, 0.5) is 4.39 Å². The highest BCUT2D eigenvalue weighted by Crippen LogP contribution is 2.12. The molecule has 1 aromatic carbocycles. The number of nitrogens with two attached hydrogens (primary N) is 1. The number of sulfone groups is 1. The van der Waals surface area contributed by atoms with Gasteiger partial charge in [0.15, 0.2) is 9.84 Å². The smallest absolute Gasteiger partial charge is 0.175 e. The van der Waals surface area contributed by atoms with E-state index in [9.17, 15) is 12.8 Å². The van der Waals surface area contributed by atoms with Crippen LogP contribution >= 0.6 is 0 Å². The Labute approximate surface area is 94.7 Å². The maximum Gasteiger partial charge on any atom is 0.175 e. The summed E-state index contributed by atoms with van der Waals surface area (Å²) in [4.78, 5) is 0.242. The van der Waals surface area contributed by atoms with Gasteiger partial charge in [0.1, 0.15) is 5.83 Å². The zero-order valence-corrected chi connectivity index (χ0v) is 9.80. The summed E-state index contributed by atoms with van der Waals surface area (Å²) >= 11 is 0. The lowest BCUT2D eigenvalue weighted by molar-refractivity contribution is 0.602. The Balaban J connectivity index is 2.92. The number of rotatable bonds is 4. The van der Waals surface area contributed by atoms with Crippen molar-refractivity contribution < 1.29 is 12.8 Å². The molecule has 0 amide bonds. The number of allylic oxidation sites excluding steroid dienone is 1. The molecule has 0 spiro atoms. The molecule has 0 atom stereocenters. The van der Waals surface area contributed by atoms with Gasteiger partial charge in [0.05, 0.1) is 4.90 Å². The van der Waals surface area contributed by atoms with Crippen LogP contribution in [0, 0.1) is 0 Å². The molecule has 0 bridgehead atoms. The van der Waals surface area contributed by atoms with E-state index >= 15 is 0 Å². The third kappa shape index (κ3) is 3.75. The quantitative estimate of drug-likeness (QED) is 0.870. The molecule has 0 aliphatic heterocycles. The molecule has 1 rings (SSSR count). The van der Waals surface area contributed by atoms with Gasteiger partial charge in [0.25, 0.3) is 0 Å². The number of halogens is 1. The molecule has 0 saturated heterocycles. The summed E-state index contributed by atoms with van der Waals surface area (Å²) in [5.41, 5.74) is 5.84. The van der Waals surface area contributed by atoms with Gasteiger partial charge < -0.3 is 5.73 Å². The van der Waals surface area contributed by atoms with Crippen molar-refractivity contribution in [3.63, 3.8) is 0 Å². The van der Waals surface area contributed by atoms with E-state index in [-0.39, 0.29) is 11.4 Å². The number of hydrogen-bond donors (Lipinski definition) is 1. The molecule has 0 unspecified atom stereocenters. The molecule has 0 aliphatic carbocycles. The van der Waals surface area contributed by atoms with Gasteiger partial charge in [-0.15, -0.1) is 0 Å². The monoisotopic (exact) mass is 243 g/mol. The largest absolute Gasteiger partial charge is 0.325 e. The van der Waals surface area contributed by atoms with Crippen LogP contribution in [-0.2, 0) is 16.3 Å². The Morgan fingerprint density at radius 2 is 2.19 bits per heavy atom. The van der Waals surface area contributed by atoms with Gasteiger partial charge in [-0.25, -0.2) is 12.8 Å². The SMILES string of the molecule is CS(=O)(=O)c1cccc(C/C=C(/F)CN)c1. The predicted molar refractivity (Wildman–Crippen MR) is 61.5 cm³/mol. The average Bonchev–Trinajstić information content (AvgIpc) is 2.25. The van der Waals surface area contributed by atoms with E-state index in [0.29, 0.717) is 6.42 Å². The average molecular weight is 243 g/mol. The minimum Gasteiger partial charge on any atom is -0.325 e. The number of hydrogen-bond acceptors (Lipinski definition) is 3. The lowest BCUT2D eigenvalue weighted by Gasteiger charge is -2.01. The summed E-state index contributed by atoms with van der Waals surface area (Å²) in [5.74, 6) is -0.398. The maximum absolute atomic E-state index is 12.8. The van der Waals surface area contributed by atoms with Gasteiger partial charge in [0, 0.05) is 12.8 Å². The molecule has 3 nitrogen and oxygen atoms in total. The van der Waals surface area contributed by atoms with Gasteiger partial charge >= 0.3 is 0 Å². The van der Waals surface area contributed by atoms with Crippen molar-refractivity contribution in [3.8, 4) is 0 Å². The van der Waals surface area contributed by atoms with Crippen LogP contribution in [0.5, 0.6) is 0 Å². The highest BCUT2D eigenvalue weighted by Gasteiger charge is 2.06. The van der Waals surface area contributed by atoms with E-state index in [0.717, 1.165) is 11.8 Å². The molecule has 0 heterocycles. The molecule has 0 aromatic heterocycles. The summed E-state index contributed by atoms with van der Waals surface area (Å²) in [5, 5.41) is 0. The standard InChI is InChI=1S/C11H14FNO2S/c1-16(14,15)11-4-2-3-9(7-11)5-6-10(12)8-13/h2-4,6-7H,5,8,13H2,1H3/b10-6+. The van der Waals surface area contributed by atoms with E-state index in [1.54, 1.807) is 12.1 Å². The molecular weight excluding hydrogens is 229 g/mol. The van der Waals surface area contributed by atoms with Crippen LogP contribution in [0.1, 0.15) is 5.56 Å². The van der Waals surface area contributed by atoms with Crippen LogP contribution < -0.4 is 5.73 Å². The van der Waals surface area contributed by atoms with Crippen LogP contribution in [0.2, 0.25) is 0 Å². The minimum atomic E-state index is -3.21. The lowest BCUT2D eigenvalue weighted by atomic mass is 10.1. The Hall–Kier alpha value is -1.20. The van der Waals surface area contributed by atoms with E-state index in [4.69, 9.17) is 5.73 Å². The van der Waals surface area contributed by atoms with Crippen LogP contribution in [0.3, 0.4) is 0 Å². The second kappa shape index (κ2) is 5.23. The topological polar surface area (TPSA) is 60.2 Å². The molecule has 0 radical (unpaired) electrons. The zero-order chi connectivity index (χ0) is 12.2. The summed E-state index contributed by atoms with van der Waals surface area (Å²) in [7, 11) is -3.21. The van der Waals surface area contributed by atoms with E-state index < -0.39 is 15.7 Å². The van der Waals surface area contributed by atoms with Crippen LogP contribution in [0.15, 0.2) is 41.1 Å².